The quantitative estimate of drug-likeness (QED) is 0.621. The molecule has 0 aliphatic heterocycles. The molecule has 0 aromatic carbocycles. The zero-order valence-electron chi connectivity index (χ0n) is 10.4. The molecule has 0 atom stereocenters. The van der Waals surface area contributed by atoms with Gasteiger partial charge >= 0.3 is 5.69 Å². The van der Waals surface area contributed by atoms with E-state index in [1.54, 1.807) is 20.9 Å². The highest BCUT2D eigenvalue weighted by Crippen LogP contribution is 2.16. The van der Waals surface area contributed by atoms with Crippen molar-refractivity contribution in [2.45, 2.75) is 19.4 Å². The van der Waals surface area contributed by atoms with Crippen LogP contribution in [0.3, 0.4) is 0 Å². The second-order valence-corrected chi connectivity index (χ2v) is 4.72. The van der Waals surface area contributed by atoms with Gasteiger partial charge in [-0.1, -0.05) is 0 Å². The third-order valence-corrected chi connectivity index (χ3v) is 2.35. The Balaban J connectivity index is 3.28. The number of rotatable bonds is 3. The van der Waals surface area contributed by atoms with E-state index in [0.717, 1.165) is 4.57 Å². The standard InChI is InChI=1S/C10H18N4O3/c1-10(2,17)5-13(3)6-7(11)14(4)9(16)12-8(6)15/h17H,5,11H2,1-4H3,(H,12,15,16). The van der Waals surface area contributed by atoms with Crippen molar-refractivity contribution in [1.82, 2.24) is 9.55 Å². The average molecular weight is 242 g/mol. The van der Waals surface area contributed by atoms with Gasteiger partial charge in [0.1, 0.15) is 11.5 Å². The van der Waals surface area contributed by atoms with Crippen LogP contribution in [-0.4, -0.2) is 33.9 Å². The van der Waals surface area contributed by atoms with Crippen LogP contribution in [0.15, 0.2) is 9.59 Å². The van der Waals surface area contributed by atoms with Crippen molar-refractivity contribution in [3.8, 4) is 0 Å². The number of aromatic amines is 1. The summed E-state index contributed by atoms with van der Waals surface area (Å²) >= 11 is 0. The lowest BCUT2D eigenvalue weighted by Crippen LogP contribution is -2.41. The summed E-state index contributed by atoms with van der Waals surface area (Å²) < 4.78 is 1.15. The smallest absolute Gasteiger partial charge is 0.329 e. The summed E-state index contributed by atoms with van der Waals surface area (Å²) in [6.45, 7) is 3.46. The minimum Gasteiger partial charge on any atom is -0.389 e. The highest BCUT2D eigenvalue weighted by atomic mass is 16.3. The zero-order chi connectivity index (χ0) is 13.4. The lowest BCUT2D eigenvalue weighted by Gasteiger charge is -2.27. The molecular weight excluding hydrogens is 224 g/mol. The third kappa shape index (κ3) is 2.88. The monoisotopic (exact) mass is 242 g/mol. The Labute approximate surface area is 98.5 Å². The molecule has 0 bridgehead atoms. The van der Waals surface area contributed by atoms with E-state index in [9.17, 15) is 14.7 Å². The molecule has 0 unspecified atom stereocenters. The van der Waals surface area contributed by atoms with Crippen LogP contribution in [0.4, 0.5) is 11.5 Å². The Morgan fingerprint density at radius 3 is 2.47 bits per heavy atom. The van der Waals surface area contributed by atoms with E-state index >= 15 is 0 Å². The van der Waals surface area contributed by atoms with Crippen LogP contribution >= 0.6 is 0 Å². The molecule has 1 aromatic heterocycles. The number of likely N-dealkylation sites (N-methyl/N-ethyl adjacent to an activating group) is 1. The molecular formula is C10H18N4O3. The van der Waals surface area contributed by atoms with Crippen LogP contribution in [0, 0.1) is 0 Å². The molecule has 0 fully saturated rings. The number of aromatic nitrogens is 2. The molecule has 0 aliphatic carbocycles. The SMILES string of the molecule is CN(CC(C)(C)O)c1c(N)n(C)c(=O)[nH]c1=O. The van der Waals surface area contributed by atoms with Gasteiger partial charge in [-0.2, -0.15) is 0 Å². The molecule has 0 saturated heterocycles. The minimum atomic E-state index is -0.970. The van der Waals surface area contributed by atoms with Crippen LogP contribution in [0.5, 0.6) is 0 Å². The molecule has 7 heteroatoms. The molecule has 7 nitrogen and oxygen atoms in total. The van der Waals surface area contributed by atoms with Crippen molar-refractivity contribution in [2.24, 2.45) is 7.05 Å². The summed E-state index contributed by atoms with van der Waals surface area (Å²) in [4.78, 5) is 26.6. The Hall–Kier alpha value is -1.76. The van der Waals surface area contributed by atoms with Gasteiger partial charge in [-0.3, -0.25) is 14.3 Å². The van der Waals surface area contributed by atoms with Crippen LogP contribution in [0.25, 0.3) is 0 Å². The maximum atomic E-state index is 11.7. The minimum absolute atomic E-state index is 0.0745. The molecule has 0 amide bonds. The molecule has 0 radical (unpaired) electrons. The highest BCUT2D eigenvalue weighted by molar-refractivity contribution is 5.61. The second kappa shape index (κ2) is 4.25. The van der Waals surface area contributed by atoms with Gasteiger partial charge in [0, 0.05) is 20.6 Å². The van der Waals surface area contributed by atoms with E-state index in [0.29, 0.717) is 0 Å². The fourth-order valence-electron chi connectivity index (χ4n) is 1.65. The molecule has 4 N–H and O–H groups in total. The molecule has 1 heterocycles. The number of hydrogen-bond donors (Lipinski definition) is 3. The maximum absolute atomic E-state index is 11.7. The van der Waals surface area contributed by atoms with Crippen molar-refractivity contribution < 1.29 is 5.11 Å². The average Bonchev–Trinajstić information content (AvgIpc) is 2.11. The van der Waals surface area contributed by atoms with Gasteiger partial charge in [-0.05, 0) is 13.8 Å². The first-order chi connectivity index (χ1) is 7.63. The molecule has 0 spiro atoms. The fourth-order valence-corrected chi connectivity index (χ4v) is 1.65. The summed E-state index contributed by atoms with van der Waals surface area (Å²) in [7, 11) is 3.10. The number of aliphatic hydroxyl groups is 1. The number of nitrogen functional groups attached to an aromatic ring is 1. The Morgan fingerprint density at radius 1 is 1.47 bits per heavy atom. The first-order valence-electron chi connectivity index (χ1n) is 5.16. The summed E-state index contributed by atoms with van der Waals surface area (Å²) in [6.07, 6.45) is 0. The van der Waals surface area contributed by atoms with E-state index in [4.69, 9.17) is 5.73 Å². The van der Waals surface area contributed by atoms with Gasteiger partial charge < -0.3 is 15.7 Å². The van der Waals surface area contributed by atoms with E-state index in [1.807, 2.05) is 0 Å². The Bertz CT molecular complexity index is 524. The third-order valence-electron chi connectivity index (χ3n) is 2.35. The van der Waals surface area contributed by atoms with Crippen molar-refractivity contribution >= 4 is 11.5 Å². The van der Waals surface area contributed by atoms with Crippen LogP contribution < -0.4 is 21.9 Å². The Morgan fingerprint density at radius 2 is 2.00 bits per heavy atom. The number of H-pyrrole nitrogens is 1. The van der Waals surface area contributed by atoms with E-state index in [2.05, 4.69) is 4.98 Å². The van der Waals surface area contributed by atoms with Crippen LogP contribution in [-0.2, 0) is 7.05 Å². The van der Waals surface area contributed by atoms with Gasteiger partial charge in [-0.15, -0.1) is 0 Å². The summed E-state index contributed by atoms with van der Waals surface area (Å²) in [5.74, 6) is 0.0745. The fraction of sp³-hybridized carbons (Fsp3) is 0.600. The number of nitrogens with zero attached hydrogens (tertiary/aromatic N) is 2. The van der Waals surface area contributed by atoms with Crippen LogP contribution in [0.2, 0.25) is 0 Å². The number of hydrogen-bond acceptors (Lipinski definition) is 5. The normalized spacial score (nSPS) is 11.6. The second-order valence-electron chi connectivity index (χ2n) is 4.72. The first kappa shape index (κ1) is 13.3. The van der Waals surface area contributed by atoms with Gasteiger partial charge in [0.2, 0.25) is 0 Å². The number of nitrogens with two attached hydrogens (primary N) is 1. The van der Waals surface area contributed by atoms with Crippen molar-refractivity contribution in [1.29, 1.82) is 0 Å². The van der Waals surface area contributed by atoms with E-state index in [-0.39, 0.29) is 18.1 Å². The van der Waals surface area contributed by atoms with E-state index < -0.39 is 16.9 Å². The number of anilines is 2. The maximum Gasteiger partial charge on any atom is 0.329 e. The largest absolute Gasteiger partial charge is 0.389 e. The predicted molar refractivity (Wildman–Crippen MR) is 66.3 cm³/mol. The summed E-state index contributed by atoms with van der Waals surface area (Å²) in [6, 6.07) is 0. The van der Waals surface area contributed by atoms with Crippen LogP contribution in [0.1, 0.15) is 13.8 Å². The molecule has 96 valence electrons. The van der Waals surface area contributed by atoms with Gasteiger partial charge in [-0.25, -0.2) is 4.79 Å². The zero-order valence-corrected chi connectivity index (χ0v) is 10.4. The van der Waals surface area contributed by atoms with Gasteiger partial charge in [0.05, 0.1) is 5.60 Å². The topological polar surface area (TPSA) is 104 Å². The molecule has 17 heavy (non-hydrogen) atoms. The van der Waals surface area contributed by atoms with E-state index in [1.165, 1.54) is 11.9 Å². The van der Waals surface area contributed by atoms with Gasteiger partial charge in [0.15, 0.2) is 0 Å². The predicted octanol–water partition coefficient (Wildman–Crippen LogP) is -1.14. The summed E-state index contributed by atoms with van der Waals surface area (Å²) in [5, 5.41) is 9.69. The van der Waals surface area contributed by atoms with Crippen molar-refractivity contribution in [3.05, 3.63) is 20.8 Å². The molecule has 0 aliphatic rings. The molecule has 0 saturated carbocycles. The van der Waals surface area contributed by atoms with Crippen molar-refractivity contribution in [3.63, 3.8) is 0 Å². The molecule has 1 rings (SSSR count). The lowest BCUT2D eigenvalue weighted by atomic mass is 10.1. The Kier molecular flexibility index (Phi) is 3.33. The van der Waals surface area contributed by atoms with Gasteiger partial charge in [0.25, 0.3) is 5.56 Å². The number of nitrogens with one attached hydrogen (secondary N) is 1. The first-order valence-corrected chi connectivity index (χ1v) is 5.16. The highest BCUT2D eigenvalue weighted by Gasteiger charge is 2.20. The van der Waals surface area contributed by atoms with Crippen molar-refractivity contribution in [2.75, 3.05) is 24.2 Å². The lowest BCUT2D eigenvalue weighted by molar-refractivity contribution is 0.0886. The summed E-state index contributed by atoms with van der Waals surface area (Å²) in [5.41, 5.74) is 3.81. The molecule has 1 aromatic rings.